The molecule has 6 heteroatoms. The van der Waals surface area contributed by atoms with Crippen LogP contribution in [0.15, 0.2) is 24.3 Å². The summed E-state index contributed by atoms with van der Waals surface area (Å²) in [5.41, 5.74) is 2.08. The van der Waals surface area contributed by atoms with Gasteiger partial charge in [-0.05, 0) is 30.4 Å². The number of ether oxygens (including phenoxy) is 1. The monoisotopic (exact) mass is 344 g/mol. The first kappa shape index (κ1) is 17.7. The van der Waals surface area contributed by atoms with Crippen LogP contribution in [-0.2, 0) is 11.2 Å². The van der Waals surface area contributed by atoms with E-state index in [-0.39, 0.29) is 23.6 Å². The van der Waals surface area contributed by atoms with Gasteiger partial charge in [0.25, 0.3) is 0 Å². The van der Waals surface area contributed by atoms with E-state index in [0.29, 0.717) is 19.6 Å². The van der Waals surface area contributed by atoms with Gasteiger partial charge in [-0.2, -0.15) is 0 Å². The number of para-hydroxylation sites is 2. The molecule has 2 atom stereocenters. The molecule has 0 radical (unpaired) electrons. The van der Waals surface area contributed by atoms with Gasteiger partial charge in [-0.1, -0.05) is 32.9 Å². The fraction of sp³-hybridized carbons (Fsp3) is 0.579. The minimum absolute atomic E-state index is 0.0954. The van der Waals surface area contributed by atoms with E-state index in [9.17, 15) is 4.79 Å². The minimum atomic E-state index is -0.115. The lowest BCUT2D eigenvalue weighted by Gasteiger charge is -2.37. The number of imidazole rings is 1. The second-order valence-corrected chi connectivity index (χ2v) is 7.80. The molecule has 0 unspecified atom stereocenters. The maximum atomic E-state index is 12.1. The van der Waals surface area contributed by atoms with Gasteiger partial charge in [0, 0.05) is 25.6 Å². The third-order valence-corrected chi connectivity index (χ3v) is 4.67. The Morgan fingerprint density at radius 1 is 1.36 bits per heavy atom. The highest BCUT2D eigenvalue weighted by Crippen LogP contribution is 2.29. The SMILES string of the molecule is CC(C)(C)[C@@H]1C[C@@H](NC(=O)NCCc2nc3ccccc3[nH]2)CCO1. The van der Waals surface area contributed by atoms with Crippen molar-refractivity contribution in [1.29, 1.82) is 0 Å². The number of aromatic nitrogens is 2. The molecule has 1 aromatic heterocycles. The van der Waals surface area contributed by atoms with Gasteiger partial charge in [0.2, 0.25) is 0 Å². The second kappa shape index (κ2) is 7.44. The van der Waals surface area contributed by atoms with E-state index in [0.717, 1.165) is 29.7 Å². The van der Waals surface area contributed by atoms with E-state index in [1.54, 1.807) is 0 Å². The van der Waals surface area contributed by atoms with Crippen molar-refractivity contribution in [2.75, 3.05) is 13.2 Å². The van der Waals surface area contributed by atoms with Crippen LogP contribution in [0.2, 0.25) is 0 Å². The Kier molecular flexibility index (Phi) is 5.27. The zero-order valence-corrected chi connectivity index (χ0v) is 15.3. The topological polar surface area (TPSA) is 79.0 Å². The first-order valence-corrected chi connectivity index (χ1v) is 9.01. The number of hydrogen-bond acceptors (Lipinski definition) is 3. The molecule has 0 aliphatic carbocycles. The number of urea groups is 1. The van der Waals surface area contributed by atoms with E-state index >= 15 is 0 Å². The molecular formula is C19H28N4O2. The van der Waals surface area contributed by atoms with Gasteiger partial charge in [-0.25, -0.2) is 9.78 Å². The standard InChI is InChI=1S/C19H28N4O2/c1-19(2,3)16-12-13(9-11-25-16)21-18(24)20-10-8-17-22-14-6-4-5-7-15(14)23-17/h4-7,13,16H,8-12H2,1-3H3,(H,22,23)(H2,20,21,24)/t13-,16-/m0/s1. The summed E-state index contributed by atoms with van der Waals surface area (Å²) in [6.45, 7) is 7.78. The number of rotatable bonds is 4. The largest absolute Gasteiger partial charge is 0.378 e. The summed E-state index contributed by atoms with van der Waals surface area (Å²) in [6.07, 6.45) is 2.59. The Balaban J connectivity index is 1.43. The fourth-order valence-electron chi connectivity index (χ4n) is 3.19. The number of amides is 2. The fourth-order valence-corrected chi connectivity index (χ4v) is 3.19. The van der Waals surface area contributed by atoms with Crippen LogP contribution >= 0.6 is 0 Å². The second-order valence-electron chi connectivity index (χ2n) is 7.80. The van der Waals surface area contributed by atoms with Crippen molar-refractivity contribution in [3.63, 3.8) is 0 Å². The summed E-state index contributed by atoms with van der Waals surface area (Å²) in [4.78, 5) is 19.9. The molecule has 2 aromatic rings. The number of H-pyrrole nitrogens is 1. The average Bonchev–Trinajstić information content (AvgIpc) is 2.97. The maximum absolute atomic E-state index is 12.1. The van der Waals surface area contributed by atoms with Gasteiger partial charge in [-0.3, -0.25) is 0 Å². The normalized spacial score (nSPS) is 21.2. The molecule has 0 spiro atoms. The highest BCUT2D eigenvalue weighted by Gasteiger charge is 2.32. The van der Waals surface area contributed by atoms with Crippen LogP contribution in [0.3, 0.4) is 0 Å². The van der Waals surface area contributed by atoms with E-state index in [4.69, 9.17) is 4.74 Å². The van der Waals surface area contributed by atoms with Crippen LogP contribution in [0.4, 0.5) is 4.79 Å². The summed E-state index contributed by atoms with van der Waals surface area (Å²) >= 11 is 0. The number of hydrogen-bond donors (Lipinski definition) is 3. The summed E-state index contributed by atoms with van der Waals surface area (Å²) in [5, 5.41) is 6.00. The Morgan fingerprint density at radius 2 is 2.16 bits per heavy atom. The van der Waals surface area contributed by atoms with Crippen molar-refractivity contribution in [3.05, 3.63) is 30.1 Å². The lowest BCUT2D eigenvalue weighted by molar-refractivity contribution is -0.0565. The first-order chi connectivity index (χ1) is 11.9. The Bertz CT molecular complexity index is 687. The van der Waals surface area contributed by atoms with Crippen molar-refractivity contribution in [1.82, 2.24) is 20.6 Å². The van der Waals surface area contributed by atoms with Gasteiger partial charge in [0.05, 0.1) is 17.1 Å². The van der Waals surface area contributed by atoms with Crippen molar-refractivity contribution in [2.24, 2.45) is 5.41 Å². The minimum Gasteiger partial charge on any atom is -0.378 e. The Hall–Kier alpha value is -2.08. The first-order valence-electron chi connectivity index (χ1n) is 9.01. The summed E-state index contributed by atoms with van der Waals surface area (Å²) in [7, 11) is 0. The van der Waals surface area contributed by atoms with E-state index in [2.05, 4.69) is 41.4 Å². The summed E-state index contributed by atoms with van der Waals surface area (Å²) in [5.74, 6) is 0.889. The number of nitrogens with one attached hydrogen (secondary N) is 3. The van der Waals surface area contributed by atoms with E-state index in [1.165, 1.54) is 0 Å². The van der Waals surface area contributed by atoms with Crippen molar-refractivity contribution in [3.8, 4) is 0 Å². The van der Waals surface area contributed by atoms with Crippen LogP contribution in [-0.4, -0.2) is 41.3 Å². The molecule has 136 valence electrons. The molecule has 0 bridgehead atoms. The van der Waals surface area contributed by atoms with Crippen molar-refractivity contribution in [2.45, 2.75) is 52.2 Å². The van der Waals surface area contributed by atoms with Crippen LogP contribution < -0.4 is 10.6 Å². The van der Waals surface area contributed by atoms with Gasteiger partial charge < -0.3 is 20.4 Å². The summed E-state index contributed by atoms with van der Waals surface area (Å²) in [6, 6.07) is 7.99. The quantitative estimate of drug-likeness (QED) is 0.798. The van der Waals surface area contributed by atoms with E-state index < -0.39 is 0 Å². The molecule has 2 amide bonds. The number of benzene rings is 1. The van der Waals surface area contributed by atoms with Crippen LogP contribution in [0.25, 0.3) is 11.0 Å². The molecule has 2 heterocycles. The summed E-state index contributed by atoms with van der Waals surface area (Å²) < 4.78 is 5.84. The van der Waals surface area contributed by atoms with Gasteiger partial charge in [0.15, 0.2) is 0 Å². The number of nitrogens with zero attached hydrogens (tertiary/aromatic N) is 1. The number of aromatic amines is 1. The predicted molar refractivity (Wildman–Crippen MR) is 98.5 cm³/mol. The molecule has 1 fully saturated rings. The van der Waals surface area contributed by atoms with Crippen LogP contribution in [0.1, 0.15) is 39.4 Å². The van der Waals surface area contributed by atoms with Crippen molar-refractivity contribution >= 4 is 17.1 Å². The number of fused-ring (bicyclic) bond motifs is 1. The van der Waals surface area contributed by atoms with Gasteiger partial charge in [-0.15, -0.1) is 0 Å². The Morgan fingerprint density at radius 3 is 2.92 bits per heavy atom. The van der Waals surface area contributed by atoms with Crippen LogP contribution in [0, 0.1) is 5.41 Å². The molecule has 1 saturated heterocycles. The molecular weight excluding hydrogens is 316 g/mol. The molecule has 1 aromatic carbocycles. The predicted octanol–water partition coefficient (Wildman–Crippen LogP) is 3.00. The highest BCUT2D eigenvalue weighted by molar-refractivity contribution is 5.75. The zero-order chi connectivity index (χ0) is 17.9. The third-order valence-electron chi connectivity index (χ3n) is 4.67. The number of carbonyl (C=O) groups excluding carboxylic acids is 1. The Labute approximate surface area is 148 Å². The van der Waals surface area contributed by atoms with Crippen LogP contribution in [0.5, 0.6) is 0 Å². The molecule has 3 N–H and O–H groups in total. The average molecular weight is 344 g/mol. The third kappa shape index (κ3) is 4.72. The van der Waals surface area contributed by atoms with Gasteiger partial charge in [0.1, 0.15) is 5.82 Å². The lowest BCUT2D eigenvalue weighted by Crippen LogP contribution is -2.49. The molecule has 6 nitrogen and oxygen atoms in total. The molecule has 25 heavy (non-hydrogen) atoms. The van der Waals surface area contributed by atoms with Gasteiger partial charge >= 0.3 is 6.03 Å². The van der Waals surface area contributed by atoms with E-state index in [1.807, 2.05) is 24.3 Å². The zero-order valence-electron chi connectivity index (χ0n) is 15.3. The molecule has 0 saturated carbocycles. The number of carbonyl (C=O) groups is 1. The maximum Gasteiger partial charge on any atom is 0.315 e. The van der Waals surface area contributed by atoms with Crippen molar-refractivity contribution < 1.29 is 9.53 Å². The smallest absolute Gasteiger partial charge is 0.315 e. The highest BCUT2D eigenvalue weighted by atomic mass is 16.5. The molecule has 1 aliphatic heterocycles. The molecule has 1 aliphatic rings. The molecule has 3 rings (SSSR count). The lowest BCUT2D eigenvalue weighted by atomic mass is 9.83.